The standard InChI is InChI=1S/C11H19N3O/c1-15-5-3-2-4-14-9-13-8-11(14)10-6-12-7-10/h8-10,12H,2-7H2,1H3. The third kappa shape index (κ3) is 2.58. The van der Waals surface area contributed by atoms with E-state index >= 15 is 0 Å². The van der Waals surface area contributed by atoms with Crippen molar-refractivity contribution in [3.05, 3.63) is 18.2 Å². The summed E-state index contributed by atoms with van der Waals surface area (Å²) in [6.45, 7) is 4.12. The quantitative estimate of drug-likeness (QED) is 0.710. The van der Waals surface area contributed by atoms with Gasteiger partial charge in [-0.05, 0) is 12.8 Å². The summed E-state index contributed by atoms with van der Waals surface area (Å²) in [5.41, 5.74) is 1.38. The minimum atomic E-state index is 0.676. The van der Waals surface area contributed by atoms with Crippen LogP contribution in [0, 0.1) is 0 Å². The molecule has 4 nitrogen and oxygen atoms in total. The van der Waals surface area contributed by atoms with E-state index in [1.54, 1.807) is 7.11 Å². The fourth-order valence-electron chi connectivity index (χ4n) is 1.88. The van der Waals surface area contributed by atoms with Crippen molar-refractivity contribution >= 4 is 0 Å². The normalized spacial score (nSPS) is 16.6. The van der Waals surface area contributed by atoms with Gasteiger partial charge in [-0.3, -0.25) is 0 Å². The van der Waals surface area contributed by atoms with Crippen LogP contribution in [-0.4, -0.2) is 36.4 Å². The van der Waals surface area contributed by atoms with Crippen molar-refractivity contribution in [2.45, 2.75) is 25.3 Å². The van der Waals surface area contributed by atoms with Crippen molar-refractivity contribution in [2.75, 3.05) is 26.8 Å². The summed E-state index contributed by atoms with van der Waals surface area (Å²) < 4.78 is 7.32. The number of hydrogen-bond donors (Lipinski definition) is 1. The predicted molar refractivity (Wildman–Crippen MR) is 58.9 cm³/mol. The Morgan fingerprint density at radius 2 is 2.40 bits per heavy atom. The van der Waals surface area contributed by atoms with Crippen LogP contribution < -0.4 is 5.32 Å². The molecular weight excluding hydrogens is 190 g/mol. The number of hydrogen-bond acceptors (Lipinski definition) is 3. The van der Waals surface area contributed by atoms with Crippen molar-refractivity contribution in [2.24, 2.45) is 0 Å². The zero-order valence-electron chi connectivity index (χ0n) is 9.28. The zero-order valence-corrected chi connectivity index (χ0v) is 9.28. The number of imidazole rings is 1. The van der Waals surface area contributed by atoms with Gasteiger partial charge in [0.15, 0.2) is 0 Å². The van der Waals surface area contributed by atoms with E-state index in [0.717, 1.165) is 39.1 Å². The molecule has 1 aliphatic heterocycles. The maximum absolute atomic E-state index is 5.04. The lowest BCUT2D eigenvalue weighted by atomic mass is 10.00. The lowest BCUT2D eigenvalue weighted by Crippen LogP contribution is -2.40. The molecule has 2 heterocycles. The molecule has 1 aliphatic rings. The maximum Gasteiger partial charge on any atom is 0.0948 e. The Hall–Kier alpha value is -0.870. The van der Waals surface area contributed by atoms with Gasteiger partial charge < -0.3 is 14.6 Å². The summed E-state index contributed by atoms with van der Waals surface area (Å²) in [7, 11) is 1.75. The largest absolute Gasteiger partial charge is 0.385 e. The molecule has 15 heavy (non-hydrogen) atoms. The minimum absolute atomic E-state index is 0.676. The van der Waals surface area contributed by atoms with Crippen molar-refractivity contribution < 1.29 is 4.74 Å². The smallest absolute Gasteiger partial charge is 0.0948 e. The van der Waals surface area contributed by atoms with E-state index in [1.165, 1.54) is 5.69 Å². The maximum atomic E-state index is 5.04. The van der Waals surface area contributed by atoms with E-state index in [1.807, 2.05) is 12.5 Å². The molecule has 1 saturated heterocycles. The molecule has 4 heteroatoms. The highest BCUT2D eigenvalue weighted by Crippen LogP contribution is 2.19. The number of aromatic nitrogens is 2. The first-order valence-corrected chi connectivity index (χ1v) is 5.61. The molecule has 0 bridgehead atoms. The third-order valence-electron chi connectivity index (χ3n) is 2.94. The number of nitrogens with zero attached hydrogens (tertiary/aromatic N) is 2. The highest BCUT2D eigenvalue weighted by atomic mass is 16.5. The Morgan fingerprint density at radius 3 is 3.07 bits per heavy atom. The van der Waals surface area contributed by atoms with Crippen LogP contribution >= 0.6 is 0 Å². The van der Waals surface area contributed by atoms with Gasteiger partial charge in [0.25, 0.3) is 0 Å². The third-order valence-corrected chi connectivity index (χ3v) is 2.94. The number of methoxy groups -OCH3 is 1. The van der Waals surface area contributed by atoms with Gasteiger partial charge in [-0.15, -0.1) is 0 Å². The molecule has 84 valence electrons. The number of nitrogens with one attached hydrogen (secondary N) is 1. The summed E-state index contributed by atoms with van der Waals surface area (Å²) >= 11 is 0. The van der Waals surface area contributed by atoms with Crippen LogP contribution in [0.5, 0.6) is 0 Å². The van der Waals surface area contributed by atoms with Gasteiger partial charge in [-0.25, -0.2) is 4.98 Å². The van der Waals surface area contributed by atoms with E-state index < -0.39 is 0 Å². The lowest BCUT2D eigenvalue weighted by Gasteiger charge is -2.27. The second kappa shape index (κ2) is 5.28. The van der Waals surface area contributed by atoms with Crippen LogP contribution in [0.2, 0.25) is 0 Å². The van der Waals surface area contributed by atoms with Crippen LogP contribution in [0.1, 0.15) is 24.5 Å². The highest BCUT2D eigenvalue weighted by Gasteiger charge is 2.21. The highest BCUT2D eigenvalue weighted by molar-refractivity contribution is 5.11. The van der Waals surface area contributed by atoms with Crippen LogP contribution in [-0.2, 0) is 11.3 Å². The number of rotatable bonds is 6. The Balaban J connectivity index is 1.82. The molecule has 1 aromatic rings. The number of aryl methyl sites for hydroxylation is 1. The Bertz CT molecular complexity index is 294. The molecule has 1 N–H and O–H groups in total. The first-order valence-electron chi connectivity index (χ1n) is 5.61. The van der Waals surface area contributed by atoms with Gasteiger partial charge in [0.1, 0.15) is 0 Å². The molecule has 0 amide bonds. The fourth-order valence-corrected chi connectivity index (χ4v) is 1.88. The summed E-state index contributed by atoms with van der Waals surface area (Å²) in [6, 6.07) is 0. The van der Waals surface area contributed by atoms with Crippen molar-refractivity contribution in [1.29, 1.82) is 0 Å². The second-order valence-electron chi connectivity index (χ2n) is 4.07. The van der Waals surface area contributed by atoms with Gasteiger partial charge >= 0.3 is 0 Å². The van der Waals surface area contributed by atoms with E-state index in [0.29, 0.717) is 5.92 Å². The minimum Gasteiger partial charge on any atom is -0.385 e. The Labute approximate surface area is 90.6 Å². The van der Waals surface area contributed by atoms with Crippen molar-refractivity contribution in [3.8, 4) is 0 Å². The zero-order chi connectivity index (χ0) is 10.5. The Morgan fingerprint density at radius 1 is 1.53 bits per heavy atom. The Kier molecular flexibility index (Phi) is 3.75. The second-order valence-corrected chi connectivity index (χ2v) is 4.07. The number of unbranched alkanes of at least 4 members (excludes halogenated alkanes) is 1. The van der Waals surface area contributed by atoms with Gasteiger partial charge in [-0.2, -0.15) is 0 Å². The molecule has 0 radical (unpaired) electrons. The first kappa shape index (κ1) is 10.6. The fraction of sp³-hybridized carbons (Fsp3) is 0.727. The summed E-state index contributed by atoms with van der Waals surface area (Å²) in [6.07, 6.45) is 6.23. The first-order chi connectivity index (χ1) is 7.42. The lowest BCUT2D eigenvalue weighted by molar-refractivity contribution is 0.191. The van der Waals surface area contributed by atoms with E-state index in [9.17, 15) is 0 Å². The van der Waals surface area contributed by atoms with Crippen LogP contribution in [0.4, 0.5) is 0 Å². The van der Waals surface area contributed by atoms with E-state index in [-0.39, 0.29) is 0 Å². The molecule has 0 aromatic carbocycles. The molecule has 1 aromatic heterocycles. The number of ether oxygens (including phenoxy) is 1. The topological polar surface area (TPSA) is 39.1 Å². The van der Waals surface area contributed by atoms with Crippen molar-refractivity contribution in [3.63, 3.8) is 0 Å². The van der Waals surface area contributed by atoms with E-state index in [4.69, 9.17) is 4.74 Å². The SMILES string of the molecule is COCCCCn1cncc1C1CNC1. The van der Waals surface area contributed by atoms with Gasteiger partial charge in [0, 0.05) is 51.2 Å². The summed E-state index contributed by atoms with van der Waals surface area (Å²) in [5.74, 6) is 0.676. The predicted octanol–water partition coefficient (Wildman–Crippen LogP) is 0.997. The summed E-state index contributed by atoms with van der Waals surface area (Å²) in [5, 5.41) is 3.29. The molecule has 2 rings (SSSR count). The molecule has 1 fully saturated rings. The van der Waals surface area contributed by atoms with E-state index in [2.05, 4.69) is 14.9 Å². The molecule has 0 saturated carbocycles. The molecule has 0 aliphatic carbocycles. The monoisotopic (exact) mass is 209 g/mol. The van der Waals surface area contributed by atoms with Gasteiger partial charge in [-0.1, -0.05) is 0 Å². The summed E-state index contributed by atoms with van der Waals surface area (Å²) in [4.78, 5) is 4.23. The van der Waals surface area contributed by atoms with Crippen LogP contribution in [0.15, 0.2) is 12.5 Å². The average molecular weight is 209 g/mol. The van der Waals surface area contributed by atoms with Crippen LogP contribution in [0.3, 0.4) is 0 Å². The molecular formula is C11H19N3O. The molecule has 0 spiro atoms. The average Bonchev–Trinajstić information content (AvgIpc) is 2.58. The van der Waals surface area contributed by atoms with Crippen molar-refractivity contribution in [1.82, 2.24) is 14.9 Å². The van der Waals surface area contributed by atoms with Gasteiger partial charge in [0.05, 0.1) is 6.33 Å². The van der Waals surface area contributed by atoms with Gasteiger partial charge in [0.2, 0.25) is 0 Å². The molecule has 0 unspecified atom stereocenters. The van der Waals surface area contributed by atoms with Crippen LogP contribution in [0.25, 0.3) is 0 Å². The molecule has 0 atom stereocenters.